The SMILES string of the molecule is N#Cc1cccc(CS(=O)(=O)NC2CNC2)c1. The molecular weight excluding hydrogens is 238 g/mol. The van der Waals surface area contributed by atoms with Gasteiger partial charge in [-0.1, -0.05) is 12.1 Å². The number of nitrogens with one attached hydrogen (secondary N) is 2. The number of hydrogen-bond acceptors (Lipinski definition) is 4. The smallest absolute Gasteiger partial charge is 0.216 e. The highest BCUT2D eigenvalue weighted by Gasteiger charge is 2.23. The lowest BCUT2D eigenvalue weighted by molar-refractivity contribution is 0.410. The first-order valence-corrected chi connectivity index (χ1v) is 6.94. The monoisotopic (exact) mass is 251 g/mol. The normalized spacial score (nSPS) is 16.2. The molecule has 0 amide bonds. The summed E-state index contributed by atoms with van der Waals surface area (Å²) in [7, 11) is -3.32. The van der Waals surface area contributed by atoms with Crippen molar-refractivity contribution < 1.29 is 8.42 Å². The molecule has 1 fully saturated rings. The average molecular weight is 251 g/mol. The van der Waals surface area contributed by atoms with Gasteiger partial charge in [-0.05, 0) is 17.7 Å². The molecule has 0 unspecified atom stereocenters. The van der Waals surface area contributed by atoms with Crippen LogP contribution in [0.3, 0.4) is 0 Å². The Balaban J connectivity index is 2.06. The van der Waals surface area contributed by atoms with Crippen LogP contribution in [0, 0.1) is 11.3 Å². The van der Waals surface area contributed by atoms with Crippen LogP contribution in [0.15, 0.2) is 24.3 Å². The lowest BCUT2D eigenvalue weighted by Gasteiger charge is -2.27. The topological polar surface area (TPSA) is 82.0 Å². The molecule has 0 aromatic heterocycles. The van der Waals surface area contributed by atoms with Gasteiger partial charge >= 0.3 is 0 Å². The van der Waals surface area contributed by atoms with Crippen LogP contribution >= 0.6 is 0 Å². The quantitative estimate of drug-likeness (QED) is 0.786. The van der Waals surface area contributed by atoms with Crippen LogP contribution in [0.5, 0.6) is 0 Å². The maximum absolute atomic E-state index is 11.8. The summed E-state index contributed by atoms with van der Waals surface area (Å²) < 4.78 is 26.2. The molecule has 17 heavy (non-hydrogen) atoms. The van der Waals surface area contributed by atoms with Crippen molar-refractivity contribution in [2.24, 2.45) is 0 Å². The number of rotatable bonds is 4. The first kappa shape index (κ1) is 12.0. The van der Waals surface area contributed by atoms with Crippen LogP contribution in [0.2, 0.25) is 0 Å². The first-order chi connectivity index (χ1) is 8.09. The van der Waals surface area contributed by atoms with E-state index in [4.69, 9.17) is 5.26 Å². The van der Waals surface area contributed by atoms with Gasteiger partial charge in [0.15, 0.2) is 0 Å². The molecular formula is C11H13N3O2S. The molecule has 0 radical (unpaired) electrons. The summed E-state index contributed by atoms with van der Waals surface area (Å²) in [5.74, 6) is -0.0843. The summed E-state index contributed by atoms with van der Waals surface area (Å²) in [4.78, 5) is 0. The fourth-order valence-electron chi connectivity index (χ4n) is 1.62. The van der Waals surface area contributed by atoms with E-state index in [0.717, 1.165) is 0 Å². The van der Waals surface area contributed by atoms with E-state index in [1.165, 1.54) is 0 Å². The second kappa shape index (κ2) is 4.84. The van der Waals surface area contributed by atoms with Gasteiger partial charge < -0.3 is 5.32 Å². The van der Waals surface area contributed by atoms with E-state index in [-0.39, 0.29) is 11.8 Å². The van der Waals surface area contributed by atoms with E-state index in [0.29, 0.717) is 24.2 Å². The van der Waals surface area contributed by atoms with Gasteiger partial charge in [-0.2, -0.15) is 5.26 Å². The van der Waals surface area contributed by atoms with Gasteiger partial charge in [-0.15, -0.1) is 0 Å². The summed E-state index contributed by atoms with van der Waals surface area (Å²) in [6.45, 7) is 1.36. The highest BCUT2D eigenvalue weighted by molar-refractivity contribution is 7.88. The number of benzene rings is 1. The Morgan fingerprint density at radius 2 is 2.24 bits per heavy atom. The zero-order valence-corrected chi connectivity index (χ0v) is 10.00. The molecule has 0 aliphatic carbocycles. The van der Waals surface area contributed by atoms with Crippen molar-refractivity contribution in [1.82, 2.24) is 10.0 Å². The second-order valence-electron chi connectivity index (χ2n) is 4.04. The Hall–Kier alpha value is -1.42. The minimum absolute atomic E-state index is 0.000788. The Morgan fingerprint density at radius 1 is 1.47 bits per heavy atom. The van der Waals surface area contributed by atoms with Gasteiger partial charge in [0.1, 0.15) is 0 Å². The van der Waals surface area contributed by atoms with E-state index in [2.05, 4.69) is 10.0 Å². The van der Waals surface area contributed by atoms with E-state index in [1.807, 2.05) is 6.07 Å². The maximum Gasteiger partial charge on any atom is 0.216 e. The van der Waals surface area contributed by atoms with Gasteiger partial charge in [0.25, 0.3) is 0 Å². The number of nitrogens with zero attached hydrogens (tertiary/aromatic N) is 1. The van der Waals surface area contributed by atoms with Crippen molar-refractivity contribution >= 4 is 10.0 Å². The molecule has 1 saturated heterocycles. The predicted octanol–water partition coefficient (Wildman–Crippen LogP) is -0.0505. The van der Waals surface area contributed by atoms with Crippen molar-refractivity contribution in [2.75, 3.05) is 13.1 Å². The minimum atomic E-state index is -3.32. The molecule has 0 saturated carbocycles. The van der Waals surface area contributed by atoms with E-state index in [9.17, 15) is 8.42 Å². The van der Waals surface area contributed by atoms with Gasteiger partial charge in [-0.3, -0.25) is 0 Å². The molecule has 0 bridgehead atoms. The first-order valence-electron chi connectivity index (χ1n) is 5.29. The number of sulfonamides is 1. The molecule has 6 heteroatoms. The zero-order chi connectivity index (χ0) is 12.3. The summed E-state index contributed by atoms with van der Waals surface area (Å²) >= 11 is 0. The van der Waals surface area contributed by atoms with Gasteiger partial charge in [0.05, 0.1) is 17.4 Å². The van der Waals surface area contributed by atoms with Crippen molar-refractivity contribution in [3.05, 3.63) is 35.4 Å². The van der Waals surface area contributed by atoms with Crippen LogP contribution in [0.4, 0.5) is 0 Å². The molecule has 1 aromatic carbocycles. The highest BCUT2D eigenvalue weighted by Crippen LogP contribution is 2.08. The molecule has 1 heterocycles. The van der Waals surface area contributed by atoms with Crippen molar-refractivity contribution in [3.63, 3.8) is 0 Å². The van der Waals surface area contributed by atoms with E-state index < -0.39 is 10.0 Å². The Bertz CT molecular complexity index is 544. The van der Waals surface area contributed by atoms with Crippen LogP contribution in [-0.2, 0) is 15.8 Å². The molecule has 5 nitrogen and oxygen atoms in total. The minimum Gasteiger partial charge on any atom is -0.313 e. The lowest BCUT2D eigenvalue weighted by atomic mass is 10.2. The molecule has 1 aliphatic rings. The summed E-state index contributed by atoms with van der Waals surface area (Å²) in [6.07, 6.45) is 0. The van der Waals surface area contributed by atoms with Crippen LogP contribution < -0.4 is 10.0 Å². The van der Waals surface area contributed by atoms with Gasteiger partial charge in [0, 0.05) is 19.1 Å². The molecule has 1 aliphatic heterocycles. The third-order valence-electron chi connectivity index (χ3n) is 2.54. The molecule has 2 N–H and O–H groups in total. The Morgan fingerprint density at radius 3 is 2.82 bits per heavy atom. The Kier molecular flexibility index (Phi) is 3.43. The fraction of sp³-hybridized carbons (Fsp3) is 0.364. The Labute approximate surface area is 101 Å². The van der Waals surface area contributed by atoms with Crippen molar-refractivity contribution in [1.29, 1.82) is 5.26 Å². The summed E-state index contributed by atoms with van der Waals surface area (Å²) in [5, 5.41) is 11.7. The molecule has 2 rings (SSSR count). The number of nitriles is 1. The zero-order valence-electron chi connectivity index (χ0n) is 9.18. The third kappa shape index (κ3) is 3.27. The highest BCUT2D eigenvalue weighted by atomic mass is 32.2. The fourth-order valence-corrected chi connectivity index (χ4v) is 2.99. The van der Waals surface area contributed by atoms with Crippen LogP contribution in [0.25, 0.3) is 0 Å². The van der Waals surface area contributed by atoms with E-state index >= 15 is 0 Å². The summed E-state index contributed by atoms with van der Waals surface area (Å²) in [5.41, 5.74) is 1.10. The molecule has 0 spiro atoms. The second-order valence-corrected chi connectivity index (χ2v) is 5.80. The van der Waals surface area contributed by atoms with Crippen molar-refractivity contribution in [2.45, 2.75) is 11.8 Å². The van der Waals surface area contributed by atoms with Gasteiger partial charge in [-0.25, -0.2) is 13.1 Å². The molecule has 90 valence electrons. The lowest BCUT2D eigenvalue weighted by Crippen LogP contribution is -2.56. The van der Waals surface area contributed by atoms with Crippen LogP contribution in [-0.4, -0.2) is 27.5 Å². The average Bonchev–Trinajstić information content (AvgIpc) is 2.23. The van der Waals surface area contributed by atoms with Gasteiger partial charge in [0.2, 0.25) is 10.0 Å². The standard InChI is InChI=1S/C11H13N3O2S/c12-5-9-2-1-3-10(4-9)8-17(15,16)14-11-6-13-7-11/h1-4,11,13-14H,6-8H2. The maximum atomic E-state index is 11.8. The molecule has 1 aromatic rings. The van der Waals surface area contributed by atoms with Crippen LogP contribution in [0.1, 0.15) is 11.1 Å². The third-order valence-corrected chi connectivity index (χ3v) is 3.95. The van der Waals surface area contributed by atoms with E-state index in [1.54, 1.807) is 24.3 Å². The summed E-state index contributed by atoms with van der Waals surface area (Å²) in [6, 6.07) is 8.63. The predicted molar refractivity (Wildman–Crippen MR) is 63.6 cm³/mol. The largest absolute Gasteiger partial charge is 0.313 e. The molecule has 0 atom stereocenters. The number of hydrogen-bond donors (Lipinski definition) is 2. The van der Waals surface area contributed by atoms with Crippen molar-refractivity contribution in [3.8, 4) is 6.07 Å².